The molecule has 1 saturated carbocycles. The molecule has 0 saturated heterocycles. The summed E-state index contributed by atoms with van der Waals surface area (Å²) in [6.07, 6.45) is 6.21. The fraction of sp³-hybridized carbons (Fsp3) is 0.615. The van der Waals surface area contributed by atoms with E-state index in [4.69, 9.17) is 10.5 Å². The fourth-order valence-electron chi connectivity index (χ4n) is 2.58. The lowest BCUT2D eigenvalue weighted by Gasteiger charge is -2.31. The van der Waals surface area contributed by atoms with Crippen molar-refractivity contribution in [2.75, 3.05) is 5.73 Å². The van der Waals surface area contributed by atoms with Crippen LogP contribution in [0.15, 0.2) is 12.7 Å². The first-order chi connectivity index (χ1) is 10.1. The van der Waals surface area contributed by atoms with E-state index < -0.39 is 0 Å². The van der Waals surface area contributed by atoms with Crippen LogP contribution in [0.25, 0.3) is 5.95 Å². The minimum Gasteiger partial charge on any atom is -0.460 e. The number of nitrogens with two attached hydrogens (primary N) is 1. The number of hydrogen-bond acceptors (Lipinski definition) is 7. The van der Waals surface area contributed by atoms with Crippen molar-refractivity contribution in [1.29, 1.82) is 0 Å². The van der Waals surface area contributed by atoms with Gasteiger partial charge in [-0.3, -0.25) is 0 Å². The summed E-state index contributed by atoms with van der Waals surface area (Å²) in [4.78, 5) is 16.2. The van der Waals surface area contributed by atoms with Crippen LogP contribution in [-0.2, 0) is 0 Å². The van der Waals surface area contributed by atoms with Crippen LogP contribution < -0.4 is 10.5 Å². The maximum Gasteiger partial charge on any atom is 0.323 e. The molecule has 2 aromatic rings. The normalized spacial score (nSPS) is 25.7. The summed E-state index contributed by atoms with van der Waals surface area (Å²) < 4.78 is 7.32. The molecule has 3 atom stereocenters. The Morgan fingerprint density at radius 3 is 2.76 bits per heavy atom. The van der Waals surface area contributed by atoms with Crippen LogP contribution >= 0.6 is 0 Å². The van der Waals surface area contributed by atoms with Gasteiger partial charge < -0.3 is 10.5 Å². The zero-order chi connectivity index (χ0) is 14.8. The number of ether oxygens (including phenoxy) is 1. The molecule has 21 heavy (non-hydrogen) atoms. The molecule has 0 bridgehead atoms. The Balaban J connectivity index is 1.77. The predicted octanol–water partition coefficient (Wildman–Crippen LogP) is 1.24. The Morgan fingerprint density at radius 1 is 1.19 bits per heavy atom. The highest BCUT2D eigenvalue weighted by molar-refractivity contribution is 5.24. The highest BCUT2D eigenvalue weighted by atomic mass is 16.5. The van der Waals surface area contributed by atoms with E-state index in [0.29, 0.717) is 11.9 Å². The Hall–Kier alpha value is -2.25. The fourth-order valence-corrected chi connectivity index (χ4v) is 2.58. The van der Waals surface area contributed by atoms with Crippen LogP contribution in [0, 0.1) is 11.8 Å². The second-order valence-electron chi connectivity index (χ2n) is 5.62. The zero-order valence-electron chi connectivity index (χ0n) is 12.2. The van der Waals surface area contributed by atoms with Gasteiger partial charge in [-0.2, -0.15) is 24.7 Å². The second kappa shape index (κ2) is 5.63. The Morgan fingerprint density at radius 2 is 2.05 bits per heavy atom. The second-order valence-corrected chi connectivity index (χ2v) is 5.62. The Bertz CT molecular complexity index is 601. The van der Waals surface area contributed by atoms with Gasteiger partial charge in [0, 0.05) is 0 Å². The maximum absolute atomic E-state index is 5.89. The molecule has 2 N–H and O–H groups in total. The van der Waals surface area contributed by atoms with Crippen LogP contribution in [0.2, 0.25) is 0 Å². The van der Waals surface area contributed by atoms with Crippen molar-refractivity contribution < 1.29 is 4.74 Å². The Kier molecular flexibility index (Phi) is 3.68. The van der Waals surface area contributed by atoms with Crippen LogP contribution in [0.3, 0.4) is 0 Å². The van der Waals surface area contributed by atoms with Gasteiger partial charge in [0.05, 0.1) is 0 Å². The quantitative estimate of drug-likeness (QED) is 0.906. The molecule has 2 heterocycles. The highest BCUT2D eigenvalue weighted by Crippen LogP contribution is 2.31. The molecule has 0 amide bonds. The highest BCUT2D eigenvalue weighted by Gasteiger charge is 2.26. The van der Waals surface area contributed by atoms with Gasteiger partial charge in [0.2, 0.25) is 5.95 Å². The third-order valence-electron chi connectivity index (χ3n) is 4.07. The van der Waals surface area contributed by atoms with Gasteiger partial charge in [-0.25, -0.2) is 4.98 Å². The topological polar surface area (TPSA) is 105 Å². The van der Waals surface area contributed by atoms with Gasteiger partial charge in [0.1, 0.15) is 18.8 Å². The van der Waals surface area contributed by atoms with Crippen molar-refractivity contribution in [3.63, 3.8) is 0 Å². The van der Waals surface area contributed by atoms with Gasteiger partial charge >= 0.3 is 6.01 Å². The monoisotopic (exact) mass is 289 g/mol. The molecule has 8 heteroatoms. The first kappa shape index (κ1) is 13.7. The van der Waals surface area contributed by atoms with E-state index in [2.05, 4.69) is 38.9 Å². The molecule has 8 nitrogen and oxygen atoms in total. The summed E-state index contributed by atoms with van der Waals surface area (Å²) in [6.45, 7) is 4.54. The van der Waals surface area contributed by atoms with E-state index in [-0.39, 0.29) is 18.1 Å². The average Bonchev–Trinajstić information content (AvgIpc) is 2.96. The van der Waals surface area contributed by atoms with Gasteiger partial charge in [0.25, 0.3) is 5.95 Å². The molecule has 3 rings (SSSR count). The molecule has 2 aromatic heterocycles. The third-order valence-corrected chi connectivity index (χ3v) is 4.07. The van der Waals surface area contributed by atoms with Crippen molar-refractivity contribution >= 4 is 5.95 Å². The van der Waals surface area contributed by atoms with Crippen LogP contribution in [-0.4, -0.2) is 35.8 Å². The van der Waals surface area contributed by atoms with Crippen molar-refractivity contribution in [3.05, 3.63) is 12.7 Å². The summed E-state index contributed by atoms with van der Waals surface area (Å²) >= 11 is 0. The van der Waals surface area contributed by atoms with Crippen LogP contribution in [0.5, 0.6) is 6.01 Å². The lowest BCUT2D eigenvalue weighted by molar-refractivity contribution is 0.0918. The zero-order valence-corrected chi connectivity index (χ0v) is 12.2. The van der Waals surface area contributed by atoms with Gasteiger partial charge in [-0.1, -0.05) is 13.8 Å². The van der Waals surface area contributed by atoms with Crippen molar-refractivity contribution in [2.24, 2.45) is 11.8 Å². The number of anilines is 1. The number of hydrogen-bond donors (Lipinski definition) is 1. The summed E-state index contributed by atoms with van der Waals surface area (Å²) in [7, 11) is 0. The smallest absolute Gasteiger partial charge is 0.323 e. The lowest BCUT2D eigenvalue weighted by atomic mass is 9.80. The molecule has 0 spiro atoms. The number of aromatic nitrogens is 6. The minimum atomic E-state index is 0.114. The van der Waals surface area contributed by atoms with E-state index in [1.54, 1.807) is 0 Å². The number of nitrogen functional groups attached to an aromatic ring is 1. The third kappa shape index (κ3) is 3.09. The van der Waals surface area contributed by atoms with E-state index in [1.165, 1.54) is 17.3 Å². The molecule has 0 aromatic carbocycles. The largest absolute Gasteiger partial charge is 0.460 e. The average molecular weight is 289 g/mol. The van der Waals surface area contributed by atoms with Gasteiger partial charge in [-0.15, -0.1) is 0 Å². The molecule has 3 unspecified atom stereocenters. The summed E-state index contributed by atoms with van der Waals surface area (Å²) in [5.41, 5.74) is 5.72. The molecule has 0 radical (unpaired) electrons. The maximum atomic E-state index is 5.89. The van der Waals surface area contributed by atoms with Crippen molar-refractivity contribution in [1.82, 2.24) is 29.7 Å². The molecule has 0 aliphatic heterocycles. The van der Waals surface area contributed by atoms with Crippen LogP contribution in [0.1, 0.15) is 33.1 Å². The van der Waals surface area contributed by atoms with E-state index in [1.807, 2.05) is 0 Å². The Labute approximate surface area is 122 Å². The lowest BCUT2D eigenvalue weighted by Crippen LogP contribution is -2.29. The van der Waals surface area contributed by atoms with E-state index >= 15 is 0 Å². The van der Waals surface area contributed by atoms with Crippen molar-refractivity contribution in [2.45, 2.75) is 39.2 Å². The predicted molar refractivity (Wildman–Crippen MR) is 75.8 cm³/mol. The van der Waals surface area contributed by atoms with Crippen molar-refractivity contribution in [3.8, 4) is 12.0 Å². The minimum absolute atomic E-state index is 0.114. The first-order valence-corrected chi connectivity index (χ1v) is 7.15. The first-order valence-electron chi connectivity index (χ1n) is 7.15. The standard InChI is InChI=1S/C13H19N7O/c1-8-3-4-10(5-9(8)2)21-13-18-11(14)17-12(19-13)20-7-15-6-16-20/h6-10H,3-5H2,1-2H3,(H2,14,17,18,19). The van der Waals surface area contributed by atoms with Gasteiger partial charge in [0.15, 0.2) is 0 Å². The van der Waals surface area contributed by atoms with E-state index in [0.717, 1.165) is 25.2 Å². The van der Waals surface area contributed by atoms with Crippen LogP contribution in [0.4, 0.5) is 5.95 Å². The van der Waals surface area contributed by atoms with Gasteiger partial charge in [-0.05, 0) is 31.1 Å². The number of rotatable bonds is 3. The molecule has 1 aliphatic rings. The molecule has 1 fully saturated rings. The number of nitrogens with zero attached hydrogens (tertiary/aromatic N) is 6. The molecular formula is C13H19N7O. The summed E-state index contributed by atoms with van der Waals surface area (Å²) in [6, 6.07) is 0.250. The van der Waals surface area contributed by atoms with E-state index in [9.17, 15) is 0 Å². The summed E-state index contributed by atoms with van der Waals surface area (Å²) in [5.74, 6) is 1.80. The summed E-state index contributed by atoms with van der Waals surface area (Å²) in [5, 5.41) is 3.98. The molecule has 112 valence electrons. The SMILES string of the molecule is CC1CCC(Oc2nc(N)nc(-n3cncn3)n2)CC1C. The molecule has 1 aliphatic carbocycles. The molecular weight excluding hydrogens is 270 g/mol.